The Labute approximate surface area is 190 Å². The van der Waals surface area contributed by atoms with Gasteiger partial charge in [0.2, 0.25) is 0 Å². The van der Waals surface area contributed by atoms with Gasteiger partial charge in [-0.2, -0.15) is 5.10 Å². The fourth-order valence-corrected chi connectivity index (χ4v) is 4.67. The van der Waals surface area contributed by atoms with Crippen molar-refractivity contribution in [2.75, 3.05) is 0 Å². The molecule has 1 fully saturated rings. The second-order valence-electron chi connectivity index (χ2n) is 10.0. The second-order valence-corrected chi connectivity index (χ2v) is 10.0. The molecule has 2 aromatic carbocycles. The van der Waals surface area contributed by atoms with Crippen molar-refractivity contribution >= 4 is 5.97 Å². The van der Waals surface area contributed by atoms with Gasteiger partial charge in [0.15, 0.2) is 5.82 Å². The highest BCUT2D eigenvalue weighted by atomic mass is 16.4. The summed E-state index contributed by atoms with van der Waals surface area (Å²) >= 11 is 0. The predicted octanol–water partition coefficient (Wildman–Crippen LogP) is 6.11. The van der Waals surface area contributed by atoms with Gasteiger partial charge in [-0.15, -0.1) is 0 Å². The molecule has 0 radical (unpaired) electrons. The van der Waals surface area contributed by atoms with Crippen LogP contribution >= 0.6 is 0 Å². The van der Waals surface area contributed by atoms with E-state index in [0.29, 0.717) is 18.0 Å². The summed E-state index contributed by atoms with van der Waals surface area (Å²) in [6.07, 6.45) is 7.57. The van der Waals surface area contributed by atoms with Crippen molar-refractivity contribution in [3.8, 4) is 11.1 Å². The van der Waals surface area contributed by atoms with E-state index in [1.54, 1.807) is 12.1 Å². The first-order valence-corrected chi connectivity index (χ1v) is 11.7. The number of hydrogen-bond acceptors (Lipinski definition) is 3. The van der Waals surface area contributed by atoms with Crippen LogP contribution in [0.5, 0.6) is 0 Å². The topological polar surface area (TPSA) is 68.0 Å². The lowest BCUT2D eigenvalue weighted by Gasteiger charge is -2.19. The molecule has 1 aliphatic carbocycles. The Hall–Kier alpha value is -2.95. The van der Waals surface area contributed by atoms with Crippen LogP contribution in [0.25, 0.3) is 11.1 Å². The van der Waals surface area contributed by atoms with E-state index in [2.05, 4.69) is 37.6 Å². The molecule has 32 heavy (non-hydrogen) atoms. The van der Waals surface area contributed by atoms with E-state index < -0.39 is 5.97 Å². The van der Waals surface area contributed by atoms with Crippen molar-refractivity contribution in [3.63, 3.8) is 0 Å². The Balaban J connectivity index is 1.56. The molecule has 4 rings (SSSR count). The van der Waals surface area contributed by atoms with Crippen LogP contribution in [0.3, 0.4) is 0 Å². The molecule has 1 aliphatic rings. The minimum Gasteiger partial charge on any atom is -0.478 e. The van der Waals surface area contributed by atoms with E-state index in [4.69, 9.17) is 10.1 Å². The van der Waals surface area contributed by atoms with E-state index in [1.165, 1.54) is 32.1 Å². The maximum Gasteiger partial charge on any atom is 0.336 e. The molecule has 1 heterocycles. The van der Waals surface area contributed by atoms with Gasteiger partial charge in [0.1, 0.15) is 5.82 Å². The summed E-state index contributed by atoms with van der Waals surface area (Å²) in [5.41, 5.74) is 3.00. The number of carboxylic acid groups (broad SMARTS) is 1. The standard InChI is InChI=1S/C27H33N3O2/c1-27(2,3)26-28-24(17-19-9-5-4-6-10-19)29-30(26)18-20-13-15-21(16-14-20)22-11-7-8-12-23(22)25(31)32/h7-8,11-16,19H,4-6,9-10,17-18H2,1-3H3,(H,31,32). The lowest BCUT2D eigenvalue weighted by molar-refractivity contribution is 0.0697. The van der Waals surface area contributed by atoms with E-state index in [-0.39, 0.29) is 5.41 Å². The summed E-state index contributed by atoms with van der Waals surface area (Å²) in [6.45, 7) is 7.21. The zero-order valence-corrected chi connectivity index (χ0v) is 19.3. The number of benzene rings is 2. The average Bonchev–Trinajstić information content (AvgIpc) is 3.17. The molecule has 5 nitrogen and oxygen atoms in total. The number of carbonyl (C=O) groups is 1. The molecule has 1 aromatic heterocycles. The van der Waals surface area contributed by atoms with Crippen LogP contribution in [0, 0.1) is 5.92 Å². The minimum atomic E-state index is -0.910. The highest BCUT2D eigenvalue weighted by Crippen LogP contribution is 2.28. The third kappa shape index (κ3) is 5.09. The molecule has 0 bridgehead atoms. The molecule has 1 saturated carbocycles. The molecule has 0 aliphatic heterocycles. The molecule has 0 atom stereocenters. The Bertz CT molecular complexity index is 1070. The largest absolute Gasteiger partial charge is 0.478 e. The number of aromatic nitrogens is 3. The third-order valence-electron chi connectivity index (χ3n) is 6.34. The molecule has 168 valence electrons. The summed E-state index contributed by atoms with van der Waals surface area (Å²) in [7, 11) is 0. The number of rotatable bonds is 6. The van der Waals surface area contributed by atoms with Crippen molar-refractivity contribution < 1.29 is 9.90 Å². The monoisotopic (exact) mass is 431 g/mol. The summed E-state index contributed by atoms with van der Waals surface area (Å²) < 4.78 is 2.05. The Morgan fingerprint density at radius 1 is 1.03 bits per heavy atom. The molecule has 0 spiro atoms. The predicted molar refractivity (Wildman–Crippen MR) is 127 cm³/mol. The van der Waals surface area contributed by atoms with E-state index in [1.807, 2.05) is 24.3 Å². The summed E-state index contributed by atoms with van der Waals surface area (Å²) in [4.78, 5) is 16.5. The van der Waals surface area contributed by atoms with Crippen LogP contribution in [-0.4, -0.2) is 25.8 Å². The van der Waals surface area contributed by atoms with Gasteiger partial charge in [0, 0.05) is 11.8 Å². The van der Waals surface area contributed by atoms with Gasteiger partial charge in [0.25, 0.3) is 0 Å². The van der Waals surface area contributed by atoms with Gasteiger partial charge < -0.3 is 5.11 Å². The van der Waals surface area contributed by atoms with Crippen LogP contribution in [-0.2, 0) is 18.4 Å². The average molecular weight is 432 g/mol. The first-order valence-electron chi connectivity index (χ1n) is 11.7. The van der Waals surface area contributed by atoms with Crippen LogP contribution in [0.2, 0.25) is 0 Å². The van der Waals surface area contributed by atoms with Gasteiger partial charge in [-0.3, -0.25) is 0 Å². The lowest BCUT2D eigenvalue weighted by atomic mass is 9.87. The molecule has 1 N–H and O–H groups in total. The number of carboxylic acids is 1. The fraction of sp³-hybridized carbons (Fsp3) is 0.444. The van der Waals surface area contributed by atoms with Crippen molar-refractivity contribution in [2.45, 2.75) is 71.3 Å². The SMILES string of the molecule is CC(C)(C)c1nc(CC2CCCCC2)nn1Cc1ccc(-c2ccccc2C(=O)O)cc1. The van der Waals surface area contributed by atoms with Gasteiger partial charge >= 0.3 is 5.97 Å². The zero-order chi connectivity index (χ0) is 22.7. The Morgan fingerprint density at radius 2 is 1.72 bits per heavy atom. The third-order valence-corrected chi connectivity index (χ3v) is 6.34. The molecular formula is C27H33N3O2. The van der Waals surface area contributed by atoms with Crippen LogP contribution < -0.4 is 0 Å². The van der Waals surface area contributed by atoms with Gasteiger partial charge in [-0.25, -0.2) is 14.5 Å². The number of nitrogens with zero attached hydrogens (tertiary/aromatic N) is 3. The molecule has 5 heteroatoms. The Morgan fingerprint density at radius 3 is 2.38 bits per heavy atom. The maximum atomic E-state index is 11.6. The molecular weight excluding hydrogens is 398 g/mol. The van der Waals surface area contributed by atoms with Crippen molar-refractivity contribution in [1.29, 1.82) is 0 Å². The molecule has 3 aromatic rings. The van der Waals surface area contributed by atoms with Crippen LogP contribution in [0.15, 0.2) is 48.5 Å². The van der Waals surface area contributed by atoms with Gasteiger partial charge in [-0.1, -0.05) is 95.3 Å². The van der Waals surface area contributed by atoms with Crippen molar-refractivity contribution in [3.05, 3.63) is 71.3 Å². The van der Waals surface area contributed by atoms with Crippen molar-refractivity contribution in [2.24, 2.45) is 5.92 Å². The summed E-state index contributed by atoms with van der Waals surface area (Å²) in [5.74, 6) is 1.78. The zero-order valence-electron chi connectivity index (χ0n) is 19.3. The highest BCUT2D eigenvalue weighted by molar-refractivity contribution is 5.95. The van der Waals surface area contributed by atoms with E-state index >= 15 is 0 Å². The molecule has 0 saturated heterocycles. The first-order chi connectivity index (χ1) is 15.3. The quantitative estimate of drug-likeness (QED) is 0.511. The fourth-order valence-electron chi connectivity index (χ4n) is 4.67. The maximum absolute atomic E-state index is 11.6. The van der Waals surface area contributed by atoms with Gasteiger partial charge in [-0.05, 0) is 28.7 Å². The van der Waals surface area contributed by atoms with Crippen LogP contribution in [0.4, 0.5) is 0 Å². The normalized spacial score (nSPS) is 15.1. The smallest absolute Gasteiger partial charge is 0.336 e. The number of aromatic carboxylic acids is 1. The minimum absolute atomic E-state index is 0.0851. The summed E-state index contributed by atoms with van der Waals surface area (Å²) in [5, 5.41) is 14.4. The van der Waals surface area contributed by atoms with E-state index in [0.717, 1.165) is 34.8 Å². The Kier molecular flexibility index (Phi) is 6.45. The van der Waals surface area contributed by atoms with Gasteiger partial charge in [0.05, 0.1) is 12.1 Å². The van der Waals surface area contributed by atoms with Crippen molar-refractivity contribution in [1.82, 2.24) is 14.8 Å². The second kappa shape index (κ2) is 9.27. The summed E-state index contributed by atoms with van der Waals surface area (Å²) in [6, 6.07) is 15.2. The lowest BCUT2D eigenvalue weighted by Crippen LogP contribution is -2.20. The first kappa shape index (κ1) is 22.3. The number of hydrogen-bond donors (Lipinski definition) is 1. The van der Waals surface area contributed by atoms with E-state index in [9.17, 15) is 9.90 Å². The molecule has 0 unspecified atom stereocenters. The highest BCUT2D eigenvalue weighted by Gasteiger charge is 2.25. The molecule has 0 amide bonds. The van der Waals surface area contributed by atoms with Crippen LogP contribution in [0.1, 0.15) is 80.4 Å².